The fraction of sp³-hybridized carbons (Fsp3) is 0.875. The van der Waals surface area contributed by atoms with Crippen LogP contribution in [0.15, 0.2) is 5.16 Å². The summed E-state index contributed by atoms with van der Waals surface area (Å²) in [7, 11) is 0. The molecule has 0 aromatic carbocycles. The summed E-state index contributed by atoms with van der Waals surface area (Å²) >= 11 is 0. The van der Waals surface area contributed by atoms with Gasteiger partial charge in [0.2, 0.25) is 0 Å². The lowest BCUT2D eigenvalue weighted by atomic mass is 10.2. The predicted octanol–water partition coefficient (Wildman–Crippen LogP) is 1.19. The normalized spacial score (nSPS) is 13.6. The highest BCUT2D eigenvalue weighted by Gasteiger charge is 1.89. The lowest BCUT2D eigenvalue weighted by Gasteiger charge is -1.99. The molecule has 0 rings (SSSR count). The Hall–Kier alpha value is -0.610. The van der Waals surface area contributed by atoms with E-state index in [1.54, 1.807) is 6.21 Å². The van der Waals surface area contributed by atoms with Crippen LogP contribution in [0.4, 0.5) is 0 Å². The highest BCUT2D eigenvalue weighted by Crippen LogP contribution is 2.00. The van der Waals surface area contributed by atoms with E-state index in [-0.39, 0.29) is 0 Å². The lowest BCUT2D eigenvalue weighted by molar-refractivity contribution is -0.0922. The molecule has 0 amide bonds. The van der Waals surface area contributed by atoms with Crippen molar-refractivity contribution in [2.24, 2.45) is 10.9 Å². The van der Waals surface area contributed by atoms with Crippen molar-refractivity contribution in [1.82, 2.24) is 0 Å². The highest BCUT2D eigenvalue weighted by atomic mass is 16.7. The van der Waals surface area contributed by atoms with E-state index in [1.165, 1.54) is 19.3 Å². The van der Waals surface area contributed by atoms with E-state index in [1.807, 2.05) is 0 Å². The van der Waals surface area contributed by atoms with E-state index in [0.29, 0.717) is 0 Å². The molecule has 0 aliphatic carbocycles. The molecule has 0 fully saturated rings. The Kier molecular flexibility index (Phi) is 8.05. The van der Waals surface area contributed by atoms with Crippen molar-refractivity contribution in [2.75, 3.05) is 0 Å². The van der Waals surface area contributed by atoms with E-state index in [0.717, 1.165) is 12.8 Å². The van der Waals surface area contributed by atoms with Gasteiger partial charge in [-0.15, -0.1) is 0 Å². The SMILES string of the molecule is CCCCCC/C=N\OC(N)O. The zero-order chi connectivity index (χ0) is 9.23. The summed E-state index contributed by atoms with van der Waals surface area (Å²) in [6, 6.07) is 0. The Morgan fingerprint density at radius 2 is 2.25 bits per heavy atom. The molecule has 0 bridgehead atoms. The first-order valence-electron chi connectivity index (χ1n) is 4.38. The maximum Gasteiger partial charge on any atom is 0.279 e. The predicted molar refractivity (Wildman–Crippen MR) is 48.5 cm³/mol. The first kappa shape index (κ1) is 11.4. The fourth-order valence-electron chi connectivity index (χ4n) is 0.820. The number of rotatable bonds is 7. The number of unbranched alkanes of at least 4 members (excludes halogenated alkanes) is 4. The van der Waals surface area contributed by atoms with Gasteiger partial charge in [0, 0.05) is 6.21 Å². The molecule has 0 saturated carbocycles. The van der Waals surface area contributed by atoms with Gasteiger partial charge in [-0.05, 0) is 12.8 Å². The smallest absolute Gasteiger partial charge is 0.279 e. The molecule has 0 aliphatic rings. The molecule has 3 N–H and O–H groups in total. The van der Waals surface area contributed by atoms with Gasteiger partial charge in [-0.2, -0.15) is 0 Å². The first-order valence-corrected chi connectivity index (χ1v) is 4.38. The van der Waals surface area contributed by atoms with E-state index in [2.05, 4.69) is 16.9 Å². The quantitative estimate of drug-likeness (QED) is 0.264. The number of nitrogens with zero attached hydrogens (tertiary/aromatic N) is 1. The standard InChI is InChI=1S/C8H18N2O2/c1-2-3-4-5-6-7-10-12-8(9)11/h7-8,11H,2-6,9H2,1H3/b10-7-. The molecule has 1 atom stereocenters. The van der Waals surface area contributed by atoms with Crippen molar-refractivity contribution in [3.05, 3.63) is 0 Å². The molecule has 0 spiro atoms. The maximum atomic E-state index is 8.43. The van der Waals surface area contributed by atoms with Crippen molar-refractivity contribution in [3.63, 3.8) is 0 Å². The third-order valence-electron chi connectivity index (χ3n) is 1.43. The van der Waals surface area contributed by atoms with Crippen LogP contribution >= 0.6 is 0 Å². The molecule has 1 unspecified atom stereocenters. The molecule has 72 valence electrons. The van der Waals surface area contributed by atoms with Crippen LogP contribution in [0.5, 0.6) is 0 Å². The van der Waals surface area contributed by atoms with E-state index in [4.69, 9.17) is 10.8 Å². The number of hydrogen-bond acceptors (Lipinski definition) is 4. The minimum Gasteiger partial charge on any atom is -0.347 e. The minimum atomic E-state index is -1.29. The van der Waals surface area contributed by atoms with Crippen molar-refractivity contribution in [3.8, 4) is 0 Å². The Balaban J connectivity index is 3.03. The van der Waals surface area contributed by atoms with Gasteiger partial charge in [-0.1, -0.05) is 31.3 Å². The average Bonchev–Trinajstić information content (AvgIpc) is 2.02. The zero-order valence-electron chi connectivity index (χ0n) is 7.57. The number of hydrogen-bond donors (Lipinski definition) is 2. The summed E-state index contributed by atoms with van der Waals surface area (Å²) in [4.78, 5) is 4.35. The van der Waals surface area contributed by atoms with Crippen molar-refractivity contribution in [2.45, 2.75) is 45.4 Å². The van der Waals surface area contributed by atoms with Gasteiger partial charge in [0.1, 0.15) is 0 Å². The van der Waals surface area contributed by atoms with Gasteiger partial charge in [0.05, 0.1) is 0 Å². The van der Waals surface area contributed by atoms with Gasteiger partial charge in [-0.3, -0.25) is 5.73 Å². The maximum absolute atomic E-state index is 8.43. The van der Waals surface area contributed by atoms with Crippen LogP contribution < -0.4 is 5.73 Å². The van der Waals surface area contributed by atoms with Crippen LogP contribution in [0.25, 0.3) is 0 Å². The van der Waals surface area contributed by atoms with Gasteiger partial charge in [-0.25, -0.2) is 0 Å². The molecule has 0 radical (unpaired) electrons. The molecule has 0 heterocycles. The first-order chi connectivity index (χ1) is 5.77. The van der Waals surface area contributed by atoms with Crippen LogP contribution in [-0.2, 0) is 4.84 Å². The van der Waals surface area contributed by atoms with Crippen LogP contribution in [-0.4, -0.2) is 17.7 Å². The second kappa shape index (κ2) is 8.49. The third kappa shape index (κ3) is 9.39. The molecule has 0 aromatic rings. The van der Waals surface area contributed by atoms with Crippen LogP contribution in [0.1, 0.15) is 39.0 Å². The van der Waals surface area contributed by atoms with Crippen molar-refractivity contribution >= 4 is 6.21 Å². The minimum absolute atomic E-state index is 0.882. The van der Waals surface area contributed by atoms with E-state index < -0.39 is 6.41 Å². The summed E-state index contributed by atoms with van der Waals surface area (Å²) in [5.74, 6) is 0. The number of aliphatic hydroxyl groups is 1. The second-order valence-corrected chi connectivity index (χ2v) is 2.63. The average molecular weight is 174 g/mol. The summed E-state index contributed by atoms with van der Waals surface area (Å²) in [6.07, 6.45) is 6.04. The molecule has 0 aliphatic heterocycles. The van der Waals surface area contributed by atoms with E-state index >= 15 is 0 Å². The Labute approximate surface area is 73.4 Å². The largest absolute Gasteiger partial charge is 0.347 e. The number of oxime groups is 1. The summed E-state index contributed by atoms with van der Waals surface area (Å²) in [6.45, 7) is 2.17. The Morgan fingerprint density at radius 3 is 2.83 bits per heavy atom. The van der Waals surface area contributed by atoms with Gasteiger partial charge >= 0.3 is 0 Å². The zero-order valence-corrected chi connectivity index (χ0v) is 7.57. The summed E-state index contributed by atoms with van der Waals surface area (Å²) < 4.78 is 0. The van der Waals surface area contributed by atoms with Crippen molar-refractivity contribution in [1.29, 1.82) is 0 Å². The fourth-order valence-corrected chi connectivity index (χ4v) is 0.820. The number of aliphatic hydroxyl groups excluding tert-OH is 1. The lowest BCUT2D eigenvalue weighted by Crippen LogP contribution is -2.19. The Morgan fingerprint density at radius 1 is 1.50 bits per heavy atom. The highest BCUT2D eigenvalue weighted by molar-refractivity contribution is 5.56. The molecule has 0 saturated heterocycles. The van der Waals surface area contributed by atoms with E-state index in [9.17, 15) is 0 Å². The van der Waals surface area contributed by atoms with Gasteiger partial charge in [0.15, 0.2) is 0 Å². The number of nitrogens with two attached hydrogens (primary N) is 1. The molecule has 12 heavy (non-hydrogen) atoms. The molecule has 4 nitrogen and oxygen atoms in total. The summed E-state index contributed by atoms with van der Waals surface area (Å²) in [5.41, 5.74) is 4.87. The van der Waals surface area contributed by atoms with Crippen LogP contribution in [0.3, 0.4) is 0 Å². The molecule has 0 aromatic heterocycles. The Bertz CT molecular complexity index is 116. The molecular weight excluding hydrogens is 156 g/mol. The van der Waals surface area contributed by atoms with Crippen LogP contribution in [0.2, 0.25) is 0 Å². The monoisotopic (exact) mass is 174 g/mol. The molecule has 4 heteroatoms. The third-order valence-corrected chi connectivity index (χ3v) is 1.43. The topological polar surface area (TPSA) is 67.8 Å². The van der Waals surface area contributed by atoms with Crippen molar-refractivity contribution < 1.29 is 9.94 Å². The van der Waals surface area contributed by atoms with Crippen LogP contribution in [0, 0.1) is 0 Å². The molecular formula is C8H18N2O2. The van der Waals surface area contributed by atoms with Gasteiger partial charge in [0.25, 0.3) is 6.41 Å². The van der Waals surface area contributed by atoms with Gasteiger partial charge < -0.3 is 9.94 Å². The second-order valence-electron chi connectivity index (χ2n) is 2.63. The summed E-state index contributed by atoms with van der Waals surface area (Å²) in [5, 5.41) is 11.9.